The van der Waals surface area contributed by atoms with Gasteiger partial charge in [0, 0.05) is 32.2 Å². The molecule has 7 nitrogen and oxygen atoms in total. The van der Waals surface area contributed by atoms with Crippen LogP contribution in [0.1, 0.15) is 53.4 Å². The molecule has 0 aromatic rings. The molecule has 8 heteroatoms. The highest BCUT2D eigenvalue weighted by molar-refractivity contribution is 14.0. The van der Waals surface area contributed by atoms with E-state index in [0.717, 1.165) is 45.0 Å². The number of aliphatic hydroxyl groups is 1. The lowest BCUT2D eigenvalue weighted by molar-refractivity contribution is 0.00928. The lowest BCUT2D eigenvalue weighted by Crippen LogP contribution is -2.52. The number of hydrogen-bond acceptors (Lipinski definition) is 4. The van der Waals surface area contributed by atoms with E-state index < -0.39 is 5.60 Å². The van der Waals surface area contributed by atoms with Crippen molar-refractivity contribution in [2.75, 3.05) is 39.3 Å². The largest absolute Gasteiger partial charge is 0.444 e. The molecule has 1 amide bonds. The van der Waals surface area contributed by atoms with Crippen LogP contribution in [0, 0.1) is 5.92 Å². The van der Waals surface area contributed by atoms with Gasteiger partial charge in [0.1, 0.15) is 5.60 Å². The zero-order chi connectivity index (χ0) is 19.2. The number of halogens is 1. The summed E-state index contributed by atoms with van der Waals surface area (Å²) in [7, 11) is 0. The Labute approximate surface area is 180 Å². The number of rotatable bonds is 6. The SMILES string of the molecule is CCNC(=NCCO)N1CCC(N(CC2CC2)C(=O)OC(C)(C)C)CC1.I. The first-order chi connectivity index (χ1) is 12.3. The number of carbonyl (C=O) groups excluding carboxylic acids is 1. The molecule has 2 fully saturated rings. The smallest absolute Gasteiger partial charge is 0.410 e. The highest BCUT2D eigenvalue weighted by atomic mass is 127. The van der Waals surface area contributed by atoms with Crippen LogP contribution in [0.5, 0.6) is 0 Å². The monoisotopic (exact) mass is 496 g/mol. The summed E-state index contributed by atoms with van der Waals surface area (Å²) in [5.74, 6) is 1.50. The number of guanidine groups is 1. The van der Waals surface area contributed by atoms with Gasteiger partial charge in [0.15, 0.2) is 5.96 Å². The van der Waals surface area contributed by atoms with E-state index in [-0.39, 0.29) is 42.7 Å². The first-order valence-corrected chi connectivity index (χ1v) is 9.97. The molecule has 1 aliphatic heterocycles. The van der Waals surface area contributed by atoms with Gasteiger partial charge in [-0.05, 0) is 59.3 Å². The Kier molecular flexibility index (Phi) is 10.1. The van der Waals surface area contributed by atoms with Crippen molar-refractivity contribution in [3.63, 3.8) is 0 Å². The van der Waals surface area contributed by atoms with Crippen molar-refractivity contribution in [2.45, 2.75) is 65.0 Å². The molecule has 1 aliphatic carbocycles. The predicted octanol–water partition coefficient (Wildman–Crippen LogP) is 2.67. The maximum Gasteiger partial charge on any atom is 0.410 e. The number of ether oxygens (including phenoxy) is 1. The third kappa shape index (κ3) is 8.41. The van der Waals surface area contributed by atoms with Gasteiger partial charge < -0.3 is 25.0 Å². The summed E-state index contributed by atoms with van der Waals surface area (Å²) >= 11 is 0. The molecule has 158 valence electrons. The molecule has 1 heterocycles. The number of aliphatic hydroxyl groups excluding tert-OH is 1. The number of nitrogens with zero attached hydrogens (tertiary/aromatic N) is 3. The summed E-state index contributed by atoms with van der Waals surface area (Å²) in [6.07, 6.45) is 4.08. The Morgan fingerprint density at radius 3 is 2.37 bits per heavy atom. The van der Waals surface area contributed by atoms with Gasteiger partial charge in [0.25, 0.3) is 0 Å². The van der Waals surface area contributed by atoms with Crippen molar-refractivity contribution in [1.29, 1.82) is 0 Å². The predicted molar refractivity (Wildman–Crippen MR) is 119 cm³/mol. The zero-order valence-corrected chi connectivity index (χ0v) is 19.6. The zero-order valence-electron chi connectivity index (χ0n) is 17.2. The minimum atomic E-state index is -0.464. The van der Waals surface area contributed by atoms with Crippen LogP contribution in [0.25, 0.3) is 0 Å². The molecule has 2 aliphatic rings. The maximum absolute atomic E-state index is 12.7. The van der Waals surface area contributed by atoms with E-state index in [2.05, 4.69) is 15.2 Å². The molecule has 1 saturated carbocycles. The standard InChI is InChI=1S/C19H36N4O3.HI/c1-5-20-17(21-10-13-24)22-11-8-16(9-12-22)23(14-15-6-7-15)18(25)26-19(2,3)4;/h15-16,24H,5-14H2,1-4H3,(H,20,21);1H. The second-order valence-electron chi connectivity index (χ2n) is 8.25. The van der Waals surface area contributed by atoms with E-state index in [1.807, 2.05) is 32.6 Å². The van der Waals surface area contributed by atoms with Gasteiger partial charge in [0.05, 0.1) is 13.2 Å². The van der Waals surface area contributed by atoms with Crippen molar-refractivity contribution in [2.24, 2.45) is 10.9 Å². The summed E-state index contributed by atoms with van der Waals surface area (Å²) in [6.45, 7) is 11.6. The quantitative estimate of drug-likeness (QED) is 0.336. The molecule has 0 unspecified atom stereocenters. The Balaban J connectivity index is 0.00000364. The van der Waals surface area contributed by atoms with Crippen LogP contribution in [0.15, 0.2) is 4.99 Å². The molecule has 0 bridgehead atoms. The number of nitrogens with one attached hydrogen (secondary N) is 1. The Bertz CT molecular complexity index is 484. The van der Waals surface area contributed by atoms with E-state index in [1.165, 1.54) is 12.8 Å². The highest BCUT2D eigenvalue weighted by Gasteiger charge is 2.35. The van der Waals surface area contributed by atoms with Gasteiger partial charge in [-0.3, -0.25) is 4.99 Å². The van der Waals surface area contributed by atoms with E-state index in [4.69, 9.17) is 9.84 Å². The Morgan fingerprint density at radius 2 is 1.89 bits per heavy atom. The minimum absolute atomic E-state index is 0. The van der Waals surface area contributed by atoms with Crippen molar-refractivity contribution >= 4 is 36.0 Å². The normalized spacial score (nSPS) is 18.7. The van der Waals surface area contributed by atoms with Crippen LogP contribution in [0.4, 0.5) is 4.79 Å². The number of aliphatic imine (C=N–C) groups is 1. The first-order valence-electron chi connectivity index (χ1n) is 9.97. The average Bonchev–Trinajstić information content (AvgIpc) is 3.39. The van der Waals surface area contributed by atoms with Gasteiger partial charge in [-0.15, -0.1) is 24.0 Å². The molecule has 0 spiro atoms. The summed E-state index contributed by atoms with van der Waals surface area (Å²) in [6, 6.07) is 0.224. The molecule has 27 heavy (non-hydrogen) atoms. The Morgan fingerprint density at radius 1 is 1.26 bits per heavy atom. The third-order valence-electron chi connectivity index (χ3n) is 4.68. The summed E-state index contributed by atoms with van der Waals surface area (Å²) in [5, 5.41) is 12.3. The van der Waals surface area contributed by atoms with Crippen LogP contribution in [0.2, 0.25) is 0 Å². The van der Waals surface area contributed by atoms with E-state index in [0.29, 0.717) is 12.5 Å². The molecule has 1 saturated heterocycles. The summed E-state index contributed by atoms with van der Waals surface area (Å²) in [5.41, 5.74) is -0.464. The van der Waals surface area contributed by atoms with Crippen LogP contribution >= 0.6 is 24.0 Å². The fourth-order valence-corrected chi connectivity index (χ4v) is 3.24. The first kappa shape index (κ1) is 24.3. The van der Waals surface area contributed by atoms with Gasteiger partial charge in [-0.2, -0.15) is 0 Å². The van der Waals surface area contributed by atoms with Crippen molar-refractivity contribution in [1.82, 2.24) is 15.1 Å². The second-order valence-corrected chi connectivity index (χ2v) is 8.25. The fourth-order valence-electron chi connectivity index (χ4n) is 3.24. The number of amides is 1. The molecule has 0 atom stereocenters. The highest BCUT2D eigenvalue weighted by Crippen LogP contribution is 2.32. The molecule has 0 radical (unpaired) electrons. The van der Waals surface area contributed by atoms with Crippen LogP contribution in [-0.2, 0) is 4.74 Å². The lowest BCUT2D eigenvalue weighted by atomic mass is 10.0. The van der Waals surface area contributed by atoms with E-state index >= 15 is 0 Å². The fraction of sp³-hybridized carbons (Fsp3) is 0.895. The summed E-state index contributed by atoms with van der Waals surface area (Å²) in [4.78, 5) is 21.3. The van der Waals surface area contributed by atoms with Crippen LogP contribution in [0.3, 0.4) is 0 Å². The van der Waals surface area contributed by atoms with Gasteiger partial charge in [0.2, 0.25) is 0 Å². The van der Waals surface area contributed by atoms with Crippen LogP contribution in [-0.4, -0.2) is 77.9 Å². The second kappa shape index (κ2) is 11.3. The number of carbonyl (C=O) groups is 1. The average molecular weight is 496 g/mol. The van der Waals surface area contributed by atoms with Crippen LogP contribution < -0.4 is 5.32 Å². The summed E-state index contributed by atoms with van der Waals surface area (Å²) < 4.78 is 5.66. The van der Waals surface area contributed by atoms with Gasteiger partial charge in [-0.25, -0.2) is 4.79 Å². The molecule has 2 N–H and O–H groups in total. The maximum atomic E-state index is 12.7. The Hall–Kier alpha value is -0.770. The van der Waals surface area contributed by atoms with Crippen molar-refractivity contribution in [3.8, 4) is 0 Å². The van der Waals surface area contributed by atoms with Crippen molar-refractivity contribution in [3.05, 3.63) is 0 Å². The minimum Gasteiger partial charge on any atom is -0.444 e. The van der Waals surface area contributed by atoms with Gasteiger partial charge in [-0.1, -0.05) is 0 Å². The molecular formula is C19H37IN4O3. The van der Waals surface area contributed by atoms with Gasteiger partial charge >= 0.3 is 6.09 Å². The molecule has 2 rings (SSSR count). The molecule has 0 aromatic carbocycles. The number of piperidine rings is 1. The topological polar surface area (TPSA) is 77.4 Å². The van der Waals surface area contributed by atoms with E-state index in [1.54, 1.807) is 0 Å². The number of likely N-dealkylation sites (tertiary alicyclic amines) is 1. The third-order valence-corrected chi connectivity index (χ3v) is 4.68. The van der Waals surface area contributed by atoms with E-state index in [9.17, 15) is 4.79 Å². The molecular weight excluding hydrogens is 459 g/mol. The number of hydrogen-bond donors (Lipinski definition) is 2. The molecule has 0 aromatic heterocycles. The lowest BCUT2D eigenvalue weighted by Gasteiger charge is -2.40. The van der Waals surface area contributed by atoms with Crippen molar-refractivity contribution < 1.29 is 14.6 Å².